The highest BCUT2D eigenvalue weighted by molar-refractivity contribution is 7.89. The third-order valence-corrected chi connectivity index (χ3v) is 8.12. The van der Waals surface area contributed by atoms with Gasteiger partial charge in [0.05, 0.1) is 10.8 Å². The first-order valence-corrected chi connectivity index (χ1v) is 12.7. The van der Waals surface area contributed by atoms with Gasteiger partial charge in [0.25, 0.3) is 0 Å². The van der Waals surface area contributed by atoms with Gasteiger partial charge in [0.2, 0.25) is 21.8 Å². The van der Waals surface area contributed by atoms with Crippen molar-refractivity contribution < 1.29 is 22.4 Å². The van der Waals surface area contributed by atoms with E-state index >= 15 is 0 Å². The van der Waals surface area contributed by atoms with Crippen molar-refractivity contribution in [1.29, 1.82) is 0 Å². The molecule has 2 heterocycles. The third kappa shape index (κ3) is 5.59. The molecule has 0 radical (unpaired) electrons. The van der Waals surface area contributed by atoms with Crippen molar-refractivity contribution in [3.8, 4) is 0 Å². The Kier molecular flexibility index (Phi) is 7.09. The largest absolute Gasteiger partial charge is 0.352 e. The van der Waals surface area contributed by atoms with Crippen molar-refractivity contribution in [2.24, 2.45) is 5.92 Å². The summed E-state index contributed by atoms with van der Waals surface area (Å²) in [7, 11) is -3.77. The molecular formula is C24H28FN3O4S. The molecule has 0 aromatic heterocycles. The molecule has 0 aliphatic carbocycles. The number of carbonyl (C=O) groups excluding carboxylic acids is 2. The molecule has 33 heavy (non-hydrogen) atoms. The van der Waals surface area contributed by atoms with E-state index in [-0.39, 0.29) is 23.3 Å². The first-order chi connectivity index (χ1) is 15.8. The highest BCUT2D eigenvalue weighted by Crippen LogP contribution is 2.24. The molecule has 2 amide bonds. The predicted molar refractivity (Wildman–Crippen MR) is 121 cm³/mol. The quantitative estimate of drug-likeness (QED) is 0.670. The molecule has 0 bridgehead atoms. The van der Waals surface area contributed by atoms with E-state index in [1.165, 1.54) is 16.4 Å². The summed E-state index contributed by atoms with van der Waals surface area (Å²) in [6, 6.07) is 12.5. The van der Waals surface area contributed by atoms with Gasteiger partial charge in [-0.2, -0.15) is 4.31 Å². The summed E-state index contributed by atoms with van der Waals surface area (Å²) in [5, 5.41) is 2.91. The maximum atomic E-state index is 13.2. The van der Waals surface area contributed by atoms with Crippen LogP contribution in [0.4, 0.5) is 4.39 Å². The second-order valence-electron chi connectivity index (χ2n) is 8.61. The number of nitrogens with zero attached hydrogens (tertiary/aromatic N) is 2. The maximum Gasteiger partial charge on any atom is 0.243 e. The number of halogens is 1. The number of likely N-dealkylation sites (tertiary alicyclic amines) is 1. The van der Waals surface area contributed by atoms with Crippen LogP contribution in [-0.2, 0) is 32.7 Å². The molecule has 2 aromatic rings. The number of rotatable bonds is 7. The van der Waals surface area contributed by atoms with Crippen molar-refractivity contribution in [1.82, 2.24) is 14.5 Å². The lowest BCUT2D eigenvalue weighted by Gasteiger charge is -2.31. The van der Waals surface area contributed by atoms with Gasteiger partial charge in [-0.1, -0.05) is 24.3 Å². The molecule has 4 rings (SSSR count). The average molecular weight is 474 g/mol. The SMILES string of the molecule is O=C(NCc1ccc(CN2CCCC2=O)cc1)[C@@H]1CCCN(S(=O)(=O)c2ccc(F)cc2)C1. The number of nitrogens with one attached hydrogen (secondary N) is 1. The summed E-state index contributed by atoms with van der Waals surface area (Å²) in [5.74, 6) is -0.924. The number of carbonyl (C=O) groups is 2. The zero-order valence-electron chi connectivity index (χ0n) is 18.4. The van der Waals surface area contributed by atoms with Crippen LogP contribution in [0.1, 0.15) is 36.8 Å². The van der Waals surface area contributed by atoms with Crippen molar-refractivity contribution in [3.63, 3.8) is 0 Å². The highest BCUT2D eigenvalue weighted by atomic mass is 32.2. The summed E-state index contributed by atoms with van der Waals surface area (Å²) < 4.78 is 40.2. The highest BCUT2D eigenvalue weighted by Gasteiger charge is 2.33. The Hall–Kier alpha value is -2.78. The molecule has 2 fully saturated rings. The van der Waals surface area contributed by atoms with E-state index in [1.54, 1.807) is 0 Å². The number of sulfonamides is 1. The van der Waals surface area contributed by atoms with Crippen LogP contribution in [0.3, 0.4) is 0 Å². The van der Waals surface area contributed by atoms with Gasteiger partial charge in [-0.05, 0) is 54.7 Å². The van der Waals surface area contributed by atoms with Gasteiger partial charge in [-0.15, -0.1) is 0 Å². The van der Waals surface area contributed by atoms with Crippen LogP contribution in [0.15, 0.2) is 53.4 Å². The lowest BCUT2D eigenvalue weighted by Crippen LogP contribution is -2.45. The van der Waals surface area contributed by atoms with Gasteiger partial charge in [-0.25, -0.2) is 12.8 Å². The third-order valence-electron chi connectivity index (χ3n) is 6.24. The summed E-state index contributed by atoms with van der Waals surface area (Å²) >= 11 is 0. The number of amides is 2. The lowest BCUT2D eigenvalue weighted by atomic mass is 9.98. The fourth-order valence-corrected chi connectivity index (χ4v) is 5.84. The molecule has 0 unspecified atom stereocenters. The van der Waals surface area contributed by atoms with Crippen LogP contribution in [0.2, 0.25) is 0 Å². The molecule has 0 saturated carbocycles. The van der Waals surface area contributed by atoms with Gasteiger partial charge >= 0.3 is 0 Å². The minimum absolute atomic E-state index is 0.0284. The van der Waals surface area contributed by atoms with Crippen LogP contribution < -0.4 is 5.32 Å². The van der Waals surface area contributed by atoms with Crippen molar-refractivity contribution >= 4 is 21.8 Å². The normalized spacial score (nSPS) is 19.6. The van der Waals surface area contributed by atoms with Crippen molar-refractivity contribution in [2.45, 2.75) is 43.7 Å². The second-order valence-corrected chi connectivity index (χ2v) is 10.5. The van der Waals surface area contributed by atoms with Gasteiger partial charge in [-0.3, -0.25) is 9.59 Å². The van der Waals surface area contributed by atoms with Gasteiger partial charge in [0.15, 0.2) is 0 Å². The standard InChI is InChI=1S/C24H28FN3O4S/c25-21-9-11-22(12-10-21)33(31,32)28-14-1-3-20(17-28)24(30)26-15-18-5-7-19(8-6-18)16-27-13-2-4-23(27)29/h5-12,20H,1-4,13-17H2,(H,26,30)/t20-/m1/s1. The van der Waals surface area contributed by atoms with Gasteiger partial charge in [0, 0.05) is 39.1 Å². The molecule has 7 nitrogen and oxygen atoms in total. The van der Waals surface area contributed by atoms with Crippen LogP contribution in [0, 0.1) is 11.7 Å². The van der Waals surface area contributed by atoms with Crippen LogP contribution in [0.25, 0.3) is 0 Å². The Labute approximate surface area is 193 Å². The topological polar surface area (TPSA) is 86.8 Å². The average Bonchev–Trinajstić information content (AvgIpc) is 3.23. The predicted octanol–water partition coefficient (Wildman–Crippen LogP) is 2.67. The van der Waals surface area contributed by atoms with E-state index in [0.717, 1.165) is 36.2 Å². The maximum absolute atomic E-state index is 13.2. The number of hydrogen-bond donors (Lipinski definition) is 1. The van der Waals surface area contributed by atoms with E-state index in [0.29, 0.717) is 38.9 Å². The molecule has 0 spiro atoms. The fraction of sp³-hybridized carbons (Fsp3) is 0.417. The monoisotopic (exact) mass is 473 g/mol. The molecule has 1 atom stereocenters. The minimum Gasteiger partial charge on any atom is -0.352 e. The smallest absolute Gasteiger partial charge is 0.243 e. The molecule has 2 aliphatic rings. The van der Waals surface area contributed by atoms with E-state index < -0.39 is 21.8 Å². The molecule has 1 N–H and O–H groups in total. The Balaban J connectivity index is 1.31. The first-order valence-electron chi connectivity index (χ1n) is 11.2. The number of hydrogen-bond acceptors (Lipinski definition) is 4. The summed E-state index contributed by atoms with van der Waals surface area (Å²) in [5.41, 5.74) is 1.99. The Morgan fingerprint density at radius 1 is 1.00 bits per heavy atom. The van der Waals surface area contributed by atoms with E-state index in [9.17, 15) is 22.4 Å². The van der Waals surface area contributed by atoms with Crippen molar-refractivity contribution in [2.75, 3.05) is 19.6 Å². The summed E-state index contributed by atoms with van der Waals surface area (Å²) in [6.45, 7) is 2.19. The van der Waals surface area contributed by atoms with Gasteiger partial charge < -0.3 is 10.2 Å². The lowest BCUT2D eigenvalue weighted by molar-refractivity contribution is -0.128. The second kappa shape index (κ2) is 10.0. The molecular weight excluding hydrogens is 445 g/mol. The van der Waals surface area contributed by atoms with E-state index in [4.69, 9.17) is 0 Å². The van der Waals surface area contributed by atoms with E-state index in [2.05, 4.69) is 5.32 Å². The van der Waals surface area contributed by atoms with Crippen LogP contribution in [-0.4, -0.2) is 49.1 Å². The Morgan fingerprint density at radius 2 is 1.70 bits per heavy atom. The Morgan fingerprint density at radius 3 is 2.36 bits per heavy atom. The summed E-state index contributed by atoms with van der Waals surface area (Å²) in [4.78, 5) is 26.4. The summed E-state index contributed by atoms with van der Waals surface area (Å²) in [6.07, 6.45) is 2.73. The minimum atomic E-state index is -3.77. The molecule has 2 saturated heterocycles. The zero-order chi connectivity index (χ0) is 23.4. The Bertz CT molecular complexity index is 1100. The molecule has 2 aromatic carbocycles. The molecule has 176 valence electrons. The zero-order valence-corrected chi connectivity index (χ0v) is 19.2. The first kappa shape index (κ1) is 23.4. The van der Waals surface area contributed by atoms with Crippen LogP contribution in [0.5, 0.6) is 0 Å². The molecule has 2 aliphatic heterocycles. The fourth-order valence-electron chi connectivity index (χ4n) is 4.32. The number of piperidine rings is 1. The van der Waals surface area contributed by atoms with E-state index in [1.807, 2.05) is 29.2 Å². The number of benzene rings is 2. The van der Waals surface area contributed by atoms with Gasteiger partial charge in [0.1, 0.15) is 5.82 Å². The van der Waals surface area contributed by atoms with Crippen molar-refractivity contribution in [3.05, 3.63) is 65.5 Å². The molecule has 9 heteroatoms. The van der Waals surface area contributed by atoms with Crippen LogP contribution >= 0.6 is 0 Å².